The number of benzene rings is 1. The van der Waals surface area contributed by atoms with Crippen LogP contribution in [0.1, 0.15) is 22.8 Å². The lowest BCUT2D eigenvalue weighted by Gasteiger charge is -2.14. The molecule has 0 aliphatic rings. The van der Waals surface area contributed by atoms with Crippen molar-refractivity contribution in [2.75, 3.05) is 26.1 Å². The molecule has 17 heavy (non-hydrogen) atoms. The average Bonchev–Trinajstić information content (AvgIpc) is 2.28. The normalized spacial score (nSPS) is 12.0. The van der Waals surface area contributed by atoms with Gasteiger partial charge >= 0.3 is 0 Å². The molecule has 1 unspecified atom stereocenters. The zero-order valence-corrected chi connectivity index (χ0v) is 10.8. The Morgan fingerprint density at radius 1 is 1.47 bits per heavy atom. The zero-order valence-electron chi connectivity index (χ0n) is 10.8. The first-order chi connectivity index (χ1) is 8.08. The van der Waals surface area contributed by atoms with Crippen LogP contribution in [0.2, 0.25) is 0 Å². The fourth-order valence-corrected chi connectivity index (χ4v) is 1.67. The molecule has 1 aromatic rings. The van der Waals surface area contributed by atoms with Crippen molar-refractivity contribution in [1.82, 2.24) is 5.32 Å². The highest BCUT2D eigenvalue weighted by Crippen LogP contribution is 2.14. The van der Waals surface area contributed by atoms with Crippen molar-refractivity contribution in [1.29, 1.82) is 0 Å². The van der Waals surface area contributed by atoms with Gasteiger partial charge in [0.1, 0.15) is 0 Å². The topological polar surface area (TPSA) is 50.4 Å². The number of aryl methyl sites for hydroxylation is 1. The van der Waals surface area contributed by atoms with E-state index in [1.54, 1.807) is 7.11 Å². The summed E-state index contributed by atoms with van der Waals surface area (Å²) in [5, 5.41) is 5.93. The van der Waals surface area contributed by atoms with E-state index in [2.05, 4.69) is 10.6 Å². The van der Waals surface area contributed by atoms with E-state index >= 15 is 0 Å². The van der Waals surface area contributed by atoms with Gasteiger partial charge in [0.25, 0.3) is 5.91 Å². The largest absolute Gasteiger partial charge is 0.388 e. The summed E-state index contributed by atoms with van der Waals surface area (Å²) in [6.45, 7) is 4.36. The third-order valence-corrected chi connectivity index (χ3v) is 2.55. The lowest BCUT2D eigenvalue weighted by molar-refractivity contribution is 0.0905. The minimum absolute atomic E-state index is 0.0101. The third-order valence-electron chi connectivity index (χ3n) is 2.55. The fraction of sp³-hybridized carbons (Fsp3) is 0.462. The smallest absolute Gasteiger partial charge is 0.251 e. The Kier molecular flexibility index (Phi) is 4.97. The molecule has 0 spiro atoms. The SMILES string of the molecule is CNc1ccc(C(=O)NC(C)COC)c(C)c1. The van der Waals surface area contributed by atoms with Gasteiger partial charge in [-0.1, -0.05) is 0 Å². The van der Waals surface area contributed by atoms with Crippen molar-refractivity contribution in [2.24, 2.45) is 0 Å². The van der Waals surface area contributed by atoms with Gasteiger partial charge in [-0.2, -0.15) is 0 Å². The molecule has 0 aliphatic carbocycles. The molecule has 0 fully saturated rings. The van der Waals surface area contributed by atoms with Crippen LogP contribution in [0.25, 0.3) is 0 Å². The number of hydrogen-bond acceptors (Lipinski definition) is 3. The molecule has 1 aromatic carbocycles. The lowest BCUT2D eigenvalue weighted by Crippen LogP contribution is -2.35. The van der Waals surface area contributed by atoms with E-state index in [0.29, 0.717) is 12.2 Å². The Morgan fingerprint density at radius 2 is 2.18 bits per heavy atom. The number of carbonyl (C=O) groups is 1. The Bertz CT molecular complexity index is 391. The van der Waals surface area contributed by atoms with Crippen LogP contribution in [-0.2, 0) is 4.74 Å². The number of nitrogens with one attached hydrogen (secondary N) is 2. The van der Waals surface area contributed by atoms with E-state index in [1.807, 2.05) is 39.1 Å². The van der Waals surface area contributed by atoms with Crippen LogP contribution >= 0.6 is 0 Å². The van der Waals surface area contributed by atoms with Crippen molar-refractivity contribution in [3.05, 3.63) is 29.3 Å². The molecule has 1 atom stereocenters. The standard InChI is InChI=1S/C13H20N2O2/c1-9-7-11(14-3)5-6-12(9)13(16)15-10(2)8-17-4/h5-7,10,14H,8H2,1-4H3,(H,15,16). The number of carbonyl (C=O) groups excluding carboxylic acids is 1. The average molecular weight is 236 g/mol. The summed E-state index contributed by atoms with van der Waals surface area (Å²) in [5.41, 5.74) is 2.66. The second-order valence-electron chi connectivity index (χ2n) is 4.11. The van der Waals surface area contributed by atoms with Crippen molar-refractivity contribution in [3.63, 3.8) is 0 Å². The Balaban J connectivity index is 2.75. The van der Waals surface area contributed by atoms with Gasteiger partial charge in [-0.15, -0.1) is 0 Å². The minimum atomic E-state index is -0.0605. The summed E-state index contributed by atoms with van der Waals surface area (Å²) >= 11 is 0. The molecule has 0 radical (unpaired) electrons. The molecule has 2 N–H and O–H groups in total. The number of amides is 1. The molecule has 0 bridgehead atoms. The van der Waals surface area contributed by atoms with Gasteiger partial charge in [0, 0.05) is 31.5 Å². The van der Waals surface area contributed by atoms with Gasteiger partial charge < -0.3 is 15.4 Å². The molecule has 1 amide bonds. The molecular weight excluding hydrogens is 216 g/mol. The van der Waals surface area contributed by atoms with Gasteiger partial charge in [-0.05, 0) is 37.6 Å². The molecule has 4 nitrogen and oxygen atoms in total. The Hall–Kier alpha value is -1.55. The molecule has 0 aromatic heterocycles. The summed E-state index contributed by atoms with van der Waals surface area (Å²) in [6, 6.07) is 5.69. The second-order valence-corrected chi connectivity index (χ2v) is 4.11. The summed E-state index contributed by atoms with van der Waals surface area (Å²) in [6.07, 6.45) is 0. The minimum Gasteiger partial charge on any atom is -0.388 e. The molecular formula is C13H20N2O2. The van der Waals surface area contributed by atoms with Gasteiger partial charge in [0.2, 0.25) is 0 Å². The maximum Gasteiger partial charge on any atom is 0.251 e. The number of hydrogen-bond donors (Lipinski definition) is 2. The van der Waals surface area contributed by atoms with Crippen LogP contribution in [0.5, 0.6) is 0 Å². The summed E-state index contributed by atoms with van der Waals surface area (Å²) in [4.78, 5) is 12.0. The van der Waals surface area contributed by atoms with Crippen molar-refractivity contribution in [3.8, 4) is 0 Å². The molecule has 4 heteroatoms. The highest BCUT2D eigenvalue weighted by Gasteiger charge is 2.11. The van der Waals surface area contributed by atoms with Crippen LogP contribution in [0.15, 0.2) is 18.2 Å². The highest BCUT2D eigenvalue weighted by molar-refractivity contribution is 5.96. The van der Waals surface area contributed by atoms with E-state index in [9.17, 15) is 4.79 Å². The number of methoxy groups -OCH3 is 1. The van der Waals surface area contributed by atoms with Gasteiger partial charge in [-0.25, -0.2) is 0 Å². The van der Waals surface area contributed by atoms with Crippen molar-refractivity contribution >= 4 is 11.6 Å². The molecule has 0 saturated carbocycles. The number of ether oxygens (including phenoxy) is 1. The van der Waals surface area contributed by atoms with E-state index < -0.39 is 0 Å². The van der Waals surface area contributed by atoms with Crippen LogP contribution in [0.3, 0.4) is 0 Å². The lowest BCUT2D eigenvalue weighted by atomic mass is 10.1. The highest BCUT2D eigenvalue weighted by atomic mass is 16.5. The van der Waals surface area contributed by atoms with E-state index in [-0.39, 0.29) is 11.9 Å². The fourth-order valence-electron chi connectivity index (χ4n) is 1.67. The first-order valence-corrected chi connectivity index (χ1v) is 5.66. The third kappa shape index (κ3) is 3.75. The van der Waals surface area contributed by atoms with Crippen LogP contribution in [-0.4, -0.2) is 32.7 Å². The summed E-state index contributed by atoms with van der Waals surface area (Å²) in [5.74, 6) is -0.0605. The van der Waals surface area contributed by atoms with Gasteiger partial charge in [-0.3, -0.25) is 4.79 Å². The van der Waals surface area contributed by atoms with Crippen molar-refractivity contribution < 1.29 is 9.53 Å². The monoisotopic (exact) mass is 236 g/mol. The second kappa shape index (κ2) is 6.25. The first-order valence-electron chi connectivity index (χ1n) is 5.66. The molecule has 0 aliphatic heterocycles. The van der Waals surface area contributed by atoms with E-state index in [4.69, 9.17) is 4.74 Å². The van der Waals surface area contributed by atoms with Crippen LogP contribution in [0.4, 0.5) is 5.69 Å². The number of anilines is 1. The van der Waals surface area contributed by atoms with E-state index in [1.165, 1.54) is 0 Å². The molecule has 1 rings (SSSR count). The zero-order chi connectivity index (χ0) is 12.8. The Morgan fingerprint density at radius 3 is 2.71 bits per heavy atom. The quantitative estimate of drug-likeness (QED) is 0.819. The molecule has 94 valence electrons. The van der Waals surface area contributed by atoms with Gasteiger partial charge in [0.15, 0.2) is 0 Å². The molecule has 0 heterocycles. The summed E-state index contributed by atoms with van der Waals surface area (Å²) in [7, 11) is 3.48. The van der Waals surface area contributed by atoms with Gasteiger partial charge in [0.05, 0.1) is 6.61 Å². The maximum absolute atomic E-state index is 12.0. The molecule has 0 saturated heterocycles. The first kappa shape index (κ1) is 13.5. The maximum atomic E-state index is 12.0. The Labute approximate surface area is 102 Å². The van der Waals surface area contributed by atoms with E-state index in [0.717, 1.165) is 11.3 Å². The van der Waals surface area contributed by atoms with Crippen LogP contribution < -0.4 is 10.6 Å². The summed E-state index contributed by atoms with van der Waals surface area (Å²) < 4.78 is 4.98. The predicted molar refractivity (Wildman–Crippen MR) is 69.5 cm³/mol. The van der Waals surface area contributed by atoms with Crippen molar-refractivity contribution in [2.45, 2.75) is 19.9 Å². The number of rotatable bonds is 5. The van der Waals surface area contributed by atoms with Crippen LogP contribution in [0, 0.1) is 6.92 Å². The predicted octanol–water partition coefficient (Wildman–Crippen LogP) is 1.80.